The molecule has 6 heteroatoms. The second kappa shape index (κ2) is 7.17. The number of amides is 2. The average Bonchev–Trinajstić information content (AvgIpc) is 2.31. The van der Waals surface area contributed by atoms with Gasteiger partial charge in [0.05, 0.1) is 11.3 Å². The third kappa shape index (κ3) is 5.84. The predicted molar refractivity (Wildman–Crippen MR) is 84.9 cm³/mol. The van der Waals surface area contributed by atoms with Crippen molar-refractivity contribution < 1.29 is 9.90 Å². The van der Waals surface area contributed by atoms with Gasteiger partial charge in [0.15, 0.2) is 0 Å². The number of nitrogens with one attached hydrogen (secondary N) is 2. The monoisotopic (exact) mass is 346 g/mol. The molecule has 1 aromatic carbocycles. The Kier molecular flexibility index (Phi) is 6.16. The van der Waals surface area contributed by atoms with Crippen LogP contribution in [-0.2, 0) is 0 Å². The summed E-state index contributed by atoms with van der Waals surface area (Å²) in [5, 5.41) is 15.4. The van der Waals surface area contributed by atoms with E-state index in [4.69, 9.17) is 0 Å². The first-order chi connectivity index (χ1) is 8.84. The maximum atomic E-state index is 11.8. The fourth-order valence-electron chi connectivity index (χ4n) is 1.53. The fraction of sp³-hybridized carbons (Fsp3) is 0.462. The molecule has 0 aliphatic heterocycles. The van der Waals surface area contributed by atoms with Crippen LogP contribution in [0.15, 0.2) is 22.7 Å². The molecule has 0 heterocycles. The van der Waals surface area contributed by atoms with Crippen molar-refractivity contribution in [2.24, 2.45) is 0 Å². The predicted octanol–water partition coefficient (Wildman–Crippen LogP) is 2.99. The van der Waals surface area contributed by atoms with Crippen LogP contribution >= 0.6 is 27.7 Å². The second-order valence-electron chi connectivity index (χ2n) is 4.72. The number of benzene rings is 1. The number of anilines is 1. The van der Waals surface area contributed by atoms with Crippen LogP contribution in [0.5, 0.6) is 0 Å². The molecule has 19 heavy (non-hydrogen) atoms. The molecule has 3 N–H and O–H groups in total. The Morgan fingerprint density at radius 3 is 2.84 bits per heavy atom. The van der Waals surface area contributed by atoms with Gasteiger partial charge >= 0.3 is 6.03 Å². The summed E-state index contributed by atoms with van der Waals surface area (Å²) >= 11 is 4.92. The van der Waals surface area contributed by atoms with E-state index < -0.39 is 5.60 Å². The van der Waals surface area contributed by atoms with Crippen molar-refractivity contribution in [2.75, 3.05) is 23.9 Å². The normalized spacial score (nSPS) is 13.7. The molecule has 1 unspecified atom stereocenters. The van der Waals surface area contributed by atoms with Gasteiger partial charge in [0.2, 0.25) is 0 Å². The van der Waals surface area contributed by atoms with E-state index in [1.165, 1.54) is 11.8 Å². The number of halogens is 1. The molecule has 0 spiro atoms. The molecule has 0 aromatic heterocycles. The molecular formula is C13H19BrN2O2S. The van der Waals surface area contributed by atoms with Crippen LogP contribution in [0.2, 0.25) is 0 Å². The number of urea groups is 1. The van der Waals surface area contributed by atoms with Gasteiger partial charge in [0.25, 0.3) is 0 Å². The number of aryl methyl sites for hydroxylation is 1. The van der Waals surface area contributed by atoms with Crippen LogP contribution in [0.1, 0.15) is 12.5 Å². The van der Waals surface area contributed by atoms with E-state index in [1.807, 2.05) is 31.4 Å². The van der Waals surface area contributed by atoms with Gasteiger partial charge in [-0.05, 0) is 53.7 Å². The van der Waals surface area contributed by atoms with Crippen LogP contribution < -0.4 is 10.6 Å². The number of thioether (sulfide) groups is 1. The summed E-state index contributed by atoms with van der Waals surface area (Å²) in [4.78, 5) is 11.8. The van der Waals surface area contributed by atoms with Crippen molar-refractivity contribution in [1.82, 2.24) is 5.32 Å². The Bertz CT molecular complexity index is 452. The zero-order valence-corrected chi connectivity index (χ0v) is 13.7. The van der Waals surface area contributed by atoms with Crippen molar-refractivity contribution in [2.45, 2.75) is 19.4 Å². The number of rotatable bonds is 5. The first kappa shape index (κ1) is 16.3. The Hall–Kier alpha value is -0.720. The van der Waals surface area contributed by atoms with E-state index in [0.717, 1.165) is 10.0 Å². The number of carbonyl (C=O) groups is 1. The summed E-state index contributed by atoms with van der Waals surface area (Å²) in [7, 11) is 0. The SMILES string of the molecule is CSCC(C)(O)CNC(=O)Nc1cc(C)ccc1Br. The average molecular weight is 347 g/mol. The molecule has 0 saturated heterocycles. The first-order valence-electron chi connectivity index (χ1n) is 5.86. The maximum Gasteiger partial charge on any atom is 0.319 e. The van der Waals surface area contributed by atoms with Gasteiger partial charge in [0, 0.05) is 16.8 Å². The van der Waals surface area contributed by atoms with Crippen LogP contribution in [0.4, 0.5) is 10.5 Å². The van der Waals surface area contributed by atoms with E-state index in [0.29, 0.717) is 11.4 Å². The zero-order chi connectivity index (χ0) is 14.5. The standard InChI is InChI=1S/C13H19BrN2O2S/c1-9-4-5-10(14)11(6-9)16-12(17)15-7-13(2,18)8-19-3/h4-6,18H,7-8H2,1-3H3,(H2,15,16,17). The highest BCUT2D eigenvalue weighted by Gasteiger charge is 2.20. The summed E-state index contributed by atoms with van der Waals surface area (Å²) in [5.41, 5.74) is 0.871. The number of hydrogen-bond acceptors (Lipinski definition) is 3. The molecule has 0 bridgehead atoms. The van der Waals surface area contributed by atoms with Gasteiger partial charge in [-0.3, -0.25) is 0 Å². The van der Waals surface area contributed by atoms with E-state index in [-0.39, 0.29) is 12.6 Å². The molecule has 0 aliphatic rings. The molecule has 1 aromatic rings. The molecule has 106 valence electrons. The Balaban J connectivity index is 2.54. The van der Waals surface area contributed by atoms with Crippen molar-refractivity contribution in [1.29, 1.82) is 0 Å². The van der Waals surface area contributed by atoms with E-state index in [1.54, 1.807) is 6.92 Å². The molecule has 2 amide bonds. The second-order valence-corrected chi connectivity index (χ2v) is 6.44. The molecule has 0 fully saturated rings. The molecule has 1 atom stereocenters. The summed E-state index contributed by atoms with van der Waals surface area (Å²) < 4.78 is 0.823. The van der Waals surface area contributed by atoms with Crippen molar-refractivity contribution in [3.8, 4) is 0 Å². The summed E-state index contributed by atoms with van der Waals surface area (Å²) in [6.07, 6.45) is 1.92. The molecule has 0 aliphatic carbocycles. The Labute approximate surface area is 126 Å². The lowest BCUT2D eigenvalue weighted by molar-refractivity contribution is 0.0876. The summed E-state index contributed by atoms with van der Waals surface area (Å²) in [6.45, 7) is 3.87. The quantitative estimate of drug-likeness (QED) is 0.767. The third-order valence-corrected chi connectivity index (χ3v) is 4.06. The van der Waals surface area contributed by atoms with E-state index in [9.17, 15) is 9.90 Å². The van der Waals surface area contributed by atoms with Crippen LogP contribution in [0.25, 0.3) is 0 Å². The van der Waals surface area contributed by atoms with Crippen LogP contribution in [-0.4, -0.2) is 35.3 Å². The maximum absolute atomic E-state index is 11.8. The lowest BCUT2D eigenvalue weighted by Crippen LogP contribution is -2.43. The van der Waals surface area contributed by atoms with Crippen LogP contribution in [0, 0.1) is 6.92 Å². The van der Waals surface area contributed by atoms with Gasteiger partial charge in [-0.2, -0.15) is 11.8 Å². The highest BCUT2D eigenvalue weighted by molar-refractivity contribution is 9.10. The molecule has 0 saturated carbocycles. The number of carbonyl (C=O) groups excluding carboxylic acids is 1. The Morgan fingerprint density at radius 2 is 2.21 bits per heavy atom. The number of aliphatic hydroxyl groups is 1. The van der Waals surface area contributed by atoms with Gasteiger partial charge in [-0.1, -0.05) is 6.07 Å². The lowest BCUT2D eigenvalue weighted by Gasteiger charge is -2.22. The molecule has 1 rings (SSSR count). The molecule has 4 nitrogen and oxygen atoms in total. The van der Waals surface area contributed by atoms with E-state index in [2.05, 4.69) is 26.6 Å². The lowest BCUT2D eigenvalue weighted by atomic mass is 10.1. The summed E-state index contributed by atoms with van der Waals surface area (Å²) in [6, 6.07) is 5.39. The number of hydrogen-bond donors (Lipinski definition) is 3. The first-order valence-corrected chi connectivity index (χ1v) is 8.05. The third-order valence-electron chi connectivity index (χ3n) is 2.46. The minimum atomic E-state index is -0.902. The Morgan fingerprint density at radius 1 is 1.53 bits per heavy atom. The topological polar surface area (TPSA) is 61.4 Å². The zero-order valence-electron chi connectivity index (χ0n) is 11.3. The largest absolute Gasteiger partial charge is 0.387 e. The van der Waals surface area contributed by atoms with Crippen LogP contribution in [0.3, 0.4) is 0 Å². The smallest absolute Gasteiger partial charge is 0.319 e. The molecule has 0 radical (unpaired) electrons. The van der Waals surface area contributed by atoms with Gasteiger partial charge in [-0.15, -0.1) is 0 Å². The van der Waals surface area contributed by atoms with Gasteiger partial charge in [0.1, 0.15) is 0 Å². The van der Waals surface area contributed by atoms with Crippen molar-refractivity contribution >= 4 is 39.4 Å². The van der Waals surface area contributed by atoms with Crippen molar-refractivity contribution in [3.63, 3.8) is 0 Å². The highest BCUT2D eigenvalue weighted by Crippen LogP contribution is 2.23. The minimum absolute atomic E-state index is 0.211. The van der Waals surface area contributed by atoms with Crippen molar-refractivity contribution in [3.05, 3.63) is 28.2 Å². The minimum Gasteiger partial charge on any atom is -0.387 e. The molecular weight excluding hydrogens is 328 g/mol. The highest BCUT2D eigenvalue weighted by atomic mass is 79.9. The van der Waals surface area contributed by atoms with E-state index >= 15 is 0 Å². The fourth-order valence-corrected chi connectivity index (χ4v) is 2.60. The van der Waals surface area contributed by atoms with Gasteiger partial charge < -0.3 is 15.7 Å². The van der Waals surface area contributed by atoms with Gasteiger partial charge in [-0.25, -0.2) is 4.79 Å². The summed E-state index contributed by atoms with van der Waals surface area (Å²) in [5.74, 6) is 0.571.